The Morgan fingerprint density at radius 1 is 1.06 bits per heavy atom. The van der Waals surface area contributed by atoms with E-state index >= 15 is 0 Å². The van der Waals surface area contributed by atoms with Crippen molar-refractivity contribution in [3.63, 3.8) is 0 Å². The van der Waals surface area contributed by atoms with Crippen molar-refractivity contribution in [2.45, 2.75) is 32.9 Å². The average molecular weight is 428 g/mol. The standard InChI is InChI=1S/C26H25N3O3/c1-26(2,3)32-24(30)17-29-23(14-13-20-16-19-11-7-8-12-21(19)27-20)28-22(25(29)31)15-18-9-5-4-6-10-18/h4-16,28H,17H2,1-3H3/b20-13?,22-15-,23-14?. The number of rotatable bonds is 4. The fourth-order valence-electron chi connectivity index (χ4n) is 3.41. The zero-order valence-corrected chi connectivity index (χ0v) is 18.3. The van der Waals surface area contributed by atoms with Gasteiger partial charge in [0.05, 0.1) is 11.1 Å². The van der Waals surface area contributed by atoms with Crippen molar-refractivity contribution >= 4 is 24.2 Å². The van der Waals surface area contributed by atoms with Gasteiger partial charge in [-0.15, -0.1) is 0 Å². The minimum atomic E-state index is -0.634. The Labute approximate surface area is 185 Å². The van der Waals surface area contributed by atoms with Gasteiger partial charge in [0.25, 0.3) is 5.56 Å². The molecule has 0 atom stereocenters. The second-order valence-corrected chi connectivity index (χ2v) is 8.53. The molecule has 0 spiro atoms. The van der Waals surface area contributed by atoms with Crippen LogP contribution in [0, 0.1) is 0 Å². The van der Waals surface area contributed by atoms with Crippen molar-refractivity contribution < 1.29 is 9.53 Å². The number of nitrogens with zero attached hydrogens (tertiary/aromatic N) is 2. The molecule has 0 saturated heterocycles. The maximum Gasteiger partial charge on any atom is 0.326 e. The van der Waals surface area contributed by atoms with Crippen LogP contribution in [-0.2, 0) is 16.1 Å². The molecule has 0 radical (unpaired) electrons. The maximum atomic E-state index is 13.1. The van der Waals surface area contributed by atoms with Crippen molar-refractivity contribution in [2.75, 3.05) is 0 Å². The third kappa shape index (κ3) is 5.03. The topological polar surface area (TPSA) is 76.5 Å². The van der Waals surface area contributed by atoms with Crippen molar-refractivity contribution in [3.05, 3.63) is 104 Å². The van der Waals surface area contributed by atoms with Gasteiger partial charge in [-0.25, -0.2) is 4.99 Å². The van der Waals surface area contributed by atoms with E-state index in [0.717, 1.165) is 21.8 Å². The van der Waals surface area contributed by atoms with Crippen molar-refractivity contribution in [1.82, 2.24) is 9.55 Å². The highest BCUT2D eigenvalue weighted by Gasteiger charge is 2.18. The number of nitrogens with one attached hydrogen (secondary N) is 1. The number of esters is 1. The number of carbonyl (C=O) groups excluding carboxylic acids is 1. The zero-order chi connectivity index (χ0) is 22.7. The van der Waals surface area contributed by atoms with E-state index in [1.807, 2.05) is 66.7 Å². The van der Waals surface area contributed by atoms with Crippen molar-refractivity contribution in [3.8, 4) is 0 Å². The number of hydrogen-bond donors (Lipinski definition) is 1. The highest BCUT2D eigenvalue weighted by atomic mass is 16.6. The number of allylic oxidation sites excluding steroid dienone is 2. The number of benzene rings is 2. The molecule has 0 fully saturated rings. The van der Waals surface area contributed by atoms with E-state index < -0.39 is 11.6 Å². The summed E-state index contributed by atoms with van der Waals surface area (Å²) in [7, 11) is 0. The molecule has 0 saturated carbocycles. The summed E-state index contributed by atoms with van der Waals surface area (Å²) < 4.78 is 6.81. The monoisotopic (exact) mass is 427 g/mol. The molecule has 1 aliphatic rings. The van der Waals surface area contributed by atoms with Crippen LogP contribution in [-0.4, -0.2) is 21.1 Å². The first kappa shape index (κ1) is 21.3. The Morgan fingerprint density at radius 2 is 1.78 bits per heavy atom. The number of aromatic amines is 1. The molecule has 162 valence electrons. The van der Waals surface area contributed by atoms with Crippen molar-refractivity contribution in [2.24, 2.45) is 4.99 Å². The maximum absolute atomic E-state index is 13.1. The lowest BCUT2D eigenvalue weighted by molar-refractivity contribution is -0.155. The molecule has 4 rings (SSSR count). The Morgan fingerprint density at radius 3 is 2.50 bits per heavy atom. The summed E-state index contributed by atoms with van der Waals surface area (Å²) in [5.41, 5.74) is 1.22. The SMILES string of the molecule is CC(C)(C)OC(=O)Cn1c(=CC=C2C=c3ccccc3=N2)[nH]/c(=C\c2ccccc2)c1=O. The van der Waals surface area contributed by atoms with E-state index in [2.05, 4.69) is 9.98 Å². The molecule has 0 bridgehead atoms. The van der Waals surface area contributed by atoms with Crippen LogP contribution in [0.1, 0.15) is 26.3 Å². The van der Waals surface area contributed by atoms with Crippen LogP contribution in [0.15, 0.2) is 76.2 Å². The van der Waals surface area contributed by atoms with E-state index in [-0.39, 0.29) is 12.1 Å². The highest BCUT2D eigenvalue weighted by Crippen LogP contribution is 2.07. The van der Waals surface area contributed by atoms with Crippen LogP contribution in [0.2, 0.25) is 0 Å². The molecule has 0 aliphatic carbocycles. The summed E-state index contributed by atoms with van der Waals surface area (Å²) in [6.45, 7) is 5.20. The molecule has 6 nitrogen and oxygen atoms in total. The summed E-state index contributed by atoms with van der Waals surface area (Å²) in [4.78, 5) is 33.3. The lowest BCUT2D eigenvalue weighted by Gasteiger charge is -2.19. The molecule has 6 heteroatoms. The van der Waals surface area contributed by atoms with E-state index in [9.17, 15) is 9.59 Å². The van der Waals surface area contributed by atoms with Gasteiger partial charge in [0.15, 0.2) is 0 Å². The third-order valence-corrected chi connectivity index (χ3v) is 4.75. The van der Waals surface area contributed by atoms with Gasteiger partial charge in [-0.05, 0) is 56.7 Å². The zero-order valence-electron chi connectivity index (χ0n) is 18.3. The number of aromatic nitrogens is 2. The van der Waals surface area contributed by atoms with Crippen LogP contribution in [0.25, 0.3) is 18.2 Å². The van der Waals surface area contributed by atoms with E-state index in [1.54, 1.807) is 32.9 Å². The number of para-hydroxylation sites is 1. The van der Waals surface area contributed by atoms with E-state index in [1.165, 1.54) is 4.57 Å². The summed E-state index contributed by atoms with van der Waals surface area (Å²) >= 11 is 0. The smallest absolute Gasteiger partial charge is 0.326 e. The minimum Gasteiger partial charge on any atom is -0.459 e. The van der Waals surface area contributed by atoms with Crippen LogP contribution in [0.3, 0.4) is 0 Å². The Kier molecular flexibility index (Phi) is 5.77. The quantitative estimate of drug-likeness (QED) is 0.634. The Bertz CT molecular complexity index is 1450. The lowest BCUT2D eigenvalue weighted by Crippen LogP contribution is -2.36. The predicted molar refractivity (Wildman–Crippen MR) is 124 cm³/mol. The van der Waals surface area contributed by atoms with Gasteiger partial charge >= 0.3 is 5.97 Å². The number of hydrogen-bond acceptors (Lipinski definition) is 4. The third-order valence-electron chi connectivity index (χ3n) is 4.75. The molecule has 2 heterocycles. The molecule has 2 aromatic carbocycles. The largest absolute Gasteiger partial charge is 0.459 e. The lowest BCUT2D eigenvalue weighted by atomic mass is 10.2. The summed E-state index contributed by atoms with van der Waals surface area (Å²) in [5.74, 6) is -0.475. The van der Waals surface area contributed by atoms with Gasteiger partial charge in [-0.2, -0.15) is 0 Å². The molecule has 0 amide bonds. The van der Waals surface area contributed by atoms with Crippen LogP contribution >= 0.6 is 0 Å². The summed E-state index contributed by atoms with van der Waals surface area (Å²) in [6.07, 6.45) is 7.32. The fraction of sp³-hybridized carbons (Fsp3) is 0.192. The Hall–Kier alpha value is -3.93. The van der Waals surface area contributed by atoms with Crippen LogP contribution < -0.4 is 27.0 Å². The van der Waals surface area contributed by atoms with Gasteiger partial charge in [-0.3, -0.25) is 14.2 Å². The first-order valence-corrected chi connectivity index (χ1v) is 10.4. The van der Waals surface area contributed by atoms with E-state index in [0.29, 0.717) is 10.8 Å². The first-order chi connectivity index (χ1) is 15.3. The summed E-state index contributed by atoms with van der Waals surface area (Å²) in [6, 6.07) is 17.4. The van der Waals surface area contributed by atoms with Gasteiger partial charge in [-0.1, -0.05) is 48.5 Å². The number of carbonyl (C=O) groups is 1. The predicted octanol–water partition coefficient (Wildman–Crippen LogP) is 1.13. The summed E-state index contributed by atoms with van der Waals surface area (Å²) in [5, 5.41) is 2.34. The normalized spacial score (nSPS) is 15.4. The average Bonchev–Trinajstić information content (AvgIpc) is 3.28. The molecule has 1 N–H and O–H groups in total. The number of imidazole rings is 1. The number of fused-ring (bicyclic) bond motifs is 1. The Balaban J connectivity index is 1.79. The molecule has 32 heavy (non-hydrogen) atoms. The molecular formula is C26H25N3O3. The van der Waals surface area contributed by atoms with Gasteiger partial charge < -0.3 is 9.72 Å². The number of ether oxygens (including phenoxy) is 1. The molecule has 1 aromatic heterocycles. The minimum absolute atomic E-state index is 0.189. The molecule has 1 aliphatic heterocycles. The van der Waals surface area contributed by atoms with Crippen molar-refractivity contribution in [1.29, 1.82) is 0 Å². The first-order valence-electron chi connectivity index (χ1n) is 10.4. The van der Waals surface area contributed by atoms with Crippen LogP contribution in [0.5, 0.6) is 0 Å². The number of H-pyrrole nitrogens is 1. The highest BCUT2D eigenvalue weighted by molar-refractivity contribution is 5.69. The second kappa shape index (κ2) is 8.67. The van der Waals surface area contributed by atoms with Gasteiger partial charge in [0, 0.05) is 5.22 Å². The van der Waals surface area contributed by atoms with Gasteiger partial charge in [0.1, 0.15) is 23.0 Å². The molecule has 0 unspecified atom stereocenters. The molecule has 3 aromatic rings. The molecular weight excluding hydrogens is 402 g/mol. The van der Waals surface area contributed by atoms with Gasteiger partial charge in [0.2, 0.25) is 0 Å². The second-order valence-electron chi connectivity index (χ2n) is 8.53. The van der Waals surface area contributed by atoms with Crippen LogP contribution in [0.4, 0.5) is 0 Å². The fourth-order valence-corrected chi connectivity index (χ4v) is 3.41. The van der Waals surface area contributed by atoms with E-state index in [4.69, 9.17) is 4.74 Å².